The Balaban J connectivity index is 0.00000256. The Labute approximate surface area is 252 Å². The molecule has 0 radical (unpaired) electrons. The zero-order valence-electron chi connectivity index (χ0n) is 15.6. The summed E-state index contributed by atoms with van der Waals surface area (Å²) in [6.45, 7) is 1.83. The molecule has 0 aliphatic heterocycles. The van der Waals surface area contributed by atoms with E-state index in [4.69, 9.17) is 22.4 Å². The van der Waals surface area contributed by atoms with Crippen LogP contribution in [0.3, 0.4) is 0 Å². The average molecular weight is 626 g/mol. The van der Waals surface area contributed by atoms with Crippen LogP contribution in [-0.2, 0) is 15.0 Å². The molecule has 0 heterocycles. The zero-order chi connectivity index (χ0) is 22.3. The van der Waals surface area contributed by atoms with Crippen molar-refractivity contribution < 1.29 is 23.1 Å². The van der Waals surface area contributed by atoms with Crippen LogP contribution >= 0.6 is 52.1 Å². The number of hydrogen-bond donors (Lipinski definition) is 3. The summed E-state index contributed by atoms with van der Waals surface area (Å²) in [6, 6.07) is 19.5. The monoisotopic (exact) mass is 624 g/mol. The fourth-order valence-electron chi connectivity index (χ4n) is 3.01. The summed E-state index contributed by atoms with van der Waals surface area (Å²) in [7, 11) is -5.65. The Kier molecular flexibility index (Phi) is 11.4. The van der Waals surface area contributed by atoms with Gasteiger partial charge in [0.1, 0.15) is 0 Å². The minimum atomic E-state index is -5.65. The van der Waals surface area contributed by atoms with Crippen molar-refractivity contribution in [3.8, 4) is 11.1 Å². The maximum atomic E-state index is 14.1. The van der Waals surface area contributed by atoms with Crippen molar-refractivity contribution in [2.24, 2.45) is 0 Å². The quantitative estimate of drug-likeness (QED) is 0.185. The van der Waals surface area contributed by atoms with Crippen LogP contribution in [0.25, 0.3) is 11.1 Å². The van der Waals surface area contributed by atoms with Crippen molar-refractivity contribution in [3.05, 3.63) is 92.4 Å². The molecule has 0 saturated heterocycles. The van der Waals surface area contributed by atoms with E-state index in [-0.39, 0.29) is 63.6 Å². The van der Waals surface area contributed by atoms with E-state index in [1.54, 1.807) is 0 Å². The van der Waals surface area contributed by atoms with E-state index in [0.29, 0.717) is 5.56 Å². The molecule has 3 rings (SSSR count). The third kappa shape index (κ3) is 6.59. The summed E-state index contributed by atoms with van der Waals surface area (Å²) in [5.41, 5.74) is -1.55. The fourth-order valence-corrected chi connectivity index (χ4v) is 4.86. The van der Waals surface area contributed by atoms with Crippen LogP contribution in [0.2, 0.25) is 0 Å². The normalized spacial score (nSPS) is 13.5. The van der Waals surface area contributed by atoms with Gasteiger partial charge in [0.15, 0.2) is 0 Å². The van der Waals surface area contributed by atoms with Gasteiger partial charge in [0.2, 0.25) is 0 Å². The molecule has 0 aliphatic rings. The molecule has 0 fully saturated rings. The summed E-state index contributed by atoms with van der Waals surface area (Å²) >= 11 is 11.2. The number of alkyl halides is 2. The van der Waals surface area contributed by atoms with Crippen molar-refractivity contribution in [1.82, 2.24) is 0 Å². The average Bonchev–Trinajstić information content (AvgIpc) is 2.67. The first-order chi connectivity index (χ1) is 13.8. The van der Waals surface area contributed by atoms with E-state index in [0.717, 1.165) is 27.2 Å². The molecule has 3 aromatic carbocycles. The van der Waals surface area contributed by atoms with Crippen LogP contribution in [0.1, 0.15) is 23.6 Å². The van der Waals surface area contributed by atoms with Gasteiger partial charge in [-0.05, 0) is 47.4 Å². The number of thiol groups is 1. The number of benzene rings is 3. The van der Waals surface area contributed by atoms with Gasteiger partial charge in [-0.3, -0.25) is 4.57 Å². The molecule has 0 aliphatic carbocycles. The number of halogens is 4. The van der Waals surface area contributed by atoms with E-state index in [1.807, 2.05) is 55.5 Å². The van der Waals surface area contributed by atoms with Crippen LogP contribution in [0, 0.1) is 0 Å². The van der Waals surface area contributed by atoms with Crippen molar-refractivity contribution in [1.29, 1.82) is 0 Å². The van der Waals surface area contributed by atoms with Crippen LogP contribution < -0.4 is 0 Å². The summed E-state index contributed by atoms with van der Waals surface area (Å²) in [5, 5.41) is 0. The van der Waals surface area contributed by atoms with E-state index >= 15 is 0 Å². The van der Waals surface area contributed by atoms with E-state index in [1.165, 1.54) is 12.1 Å². The Hall–Kier alpha value is 0.980. The fraction of sp³-hybridized carbons (Fsp3) is 0.143. The Bertz CT molecular complexity index is 1120. The van der Waals surface area contributed by atoms with Crippen LogP contribution in [0.15, 0.2) is 75.7 Å². The van der Waals surface area contributed by atoms with E-state index in [9.17, 15) is 13.3 Å². The van der Waals surface area contributed by atoms with Crippen molar-refractivity contribution in [2.45, 2.75) is 17.3 Å². The molecule has 162 valence electrons. The molecule has 0 saturated carbocycles. The Morgan fingerprint density at radius 2 is 1.28 bits per heavy atom. The topological polar surface area (TPSA) is 57.5 Å². The molecule has 0 bridgehead atoms. The molecular weight excluding hydrogens is 607 g/mol. The predicted octanol–water partition coefficient (Wildman–Crippen LogP) is 6.00. The van der Waals surface area contributed by atoms with E-state index in [2.05, 4.69) is 31.9 Å². The third-order valence-electron chi connectivity index (χ3n) is 4.85. The molecule has 2 N–H and O–H groups in total. The van der Waals surface area contributed by atoms with Gasteiger partial charge in [0.25, 0.3) is 0 Å². The summed E-state index contributed by atoms with van der Waals surface area (Å²) in [4.78, 5) is 18.0. The van der Waals surface area contributed by atoms with Crippen LogP contribution in [-0.4, -0.2) is 68.9 Å². The van der Waals surface area contributed by atoms with Gasteiger partial charge in [-0.2, -0.15) is 21.4 Å². The molecule has 32 heavy (non-hydrogen) atoms. The first-order valence-corrected chi connectivity index (χ1v) is 12.3. The maximum absolute atomic E-state index is 14.1. The van der Waals surface area contributed by atoms with E-state index < -0.39 is 23.6 Å². The first-order valence-electron chi connectivity index (χ1n) is 8.67. The van der Waals surface area contributed by atoms with Crippen LogP contribution in [0.5, 0.6) is 0 Å². The summed E-state index contributed by atoms with van der Waals surface area (Å²) in [5.74, 6) is 0. The van der Waals surface area contributed by atoms with Gasteiger partial charge in [-0.15, -0.1) is 0 Å². The SMILES string of the molecule is CC(S)(c1ccc(-c2ccc(Br)cc2)cc1)c1ccc(C(F)(F)P(=O)(O)O)c(Br)c1.[NaH].[NaH]. The third-order valence-corrected chi connectivity index (χ3v) is 7.52. The minimum absolute atomic E-state index is 0. The van der Waals surface area contributed by atoms with Crippen molar-refractivity contribution in [3.63, 3.8) is 0 Å². The summed E-state index contributed by atoms with van der Waals surface area (Å²) in [6.07, 6.45) is 0. The second-order valence-corrected chi connectivity index (χ2v) is 11.3. The molecular formula is C21H19Br2F2Na2O3PS. The van der Waals surface area contributed by atoms with Gasteiger partial charge >= 0.3 is 72.4 Å². The predicted molar refractivity (Wildman–Crippen MR) is 139 cm³/mol. The summed E-state index contributed by atoms with van der Waals surface area (Å²) < 4.78 is 39.4. The van der Waals surface area contributed by atoms with Gasteiger partial charge in [-0.1, -0.05) is 80.4 Å². The van der Waals surface area contributed by atoms with Crippen LogP contribution in [0.4, 0.5) is 8.78 Å². The number of hydrogen-bond acceptors (Lipinski definition) is 2. The Morgan fingerprint density at radius 1 is 0.844 bits per heavy atom. The molecule has 1 atom stereocenters. The second-order valence-electron chi connectivity index (χ2n) is 6.94. The molecule has 1 unspecified atom stereocenters. The molecule has 0 aromatic heterocycles. The van der Waals surface area contributed by atoms with Gasteiger partial charge < -0.3 is 9.79 Å². The molecule has 11 heteroatoms. The van der Waals surface area contributed by atoms with Gasteiger partial charge in [0.05, 0.1) is 4.75 Å². The second kappa shape index (κ2) is 11.8. The molecule has 0 spiro atoms. The Morgan fingerprint density at radius 3 is 1.72 bits per heavy atom. The van der Waals surface area contributed by atoms with Crippen molar-refractivity contribution in [2.75, 3.05) is 0 Å². The van der Waals surface area contributed by atoms with Gasteiger partial charge in [-0.25, -0.2) is 0 Å². The first kappa shape index (κ1) is 31.0. The zero-order valence-corrected chi connectivity index (χ0v) is 20.5. The molecule has 0 amide bonds. The van der Waals surface area contributed by atoms with Gasteiger partial charge in [0, 0.05) is 14.5 Å². The molecule has 3 nitrogen and oxygen atoms in total. The number of rotatable bonds is 5. The standard InChI is InChI=1S/C21H17Br2F2O3PS.2Na.2H/c1-20(30,15-6-2-13(3-7-15)14-4-9-17(22)10-5-14)16-8-11-18(19(23)12-16)21(24,25)29(26,27)28;;;;/h2-12,30H,1H3,(H2,26,27,28);;;;. The van der Waals surface area contributed by atoms with Crippen molar-refractivity contribution >= 4 is 111 Å². The molecule has 3 aromatic rings.